The van der Waals surface area contributed by atoms with Gasteiger partial charge in [0.1, 0.15) is 17.4 Å². The average Bonchev–Trinajstić information content (AvgIpc) is 3.25. The minimum Gasteiger partial charge on any atom is -0.467 e. The first-order valence-electron chi connectivity index (χ1n) is 9.10. The molecule has 1 aromatic carbocycles. The van der Waals surface area contributed by atoms with Gasteiger partial charge in [-0.3, -0.25) is 9.48 Å². The highest BCUT2D eigenvalue weighted by molar-refractivity contribution is 7.20. The number of benzene rings is 1. The topological polar surface area (TPSA) is 60.2 Å². The Hall–Kier alpha value is -2.48. The maximum Gasteiger partial charge on any atom is 0.274 e. The second-order valence-electron chi connectivity index (χ2n) is 6.66. The first-order valence-corrected chi connectivity index (χ1v) is 9.92. The van der Waals surface area contributed by atoms with Crippen molar-refractivity contribution in [1.29, 1.82) is 0 Å². The van der Waals surface area contributed by atoms with Gasteiger partial charge in [-0.15, -0.1) is 0 Å². The second-order valence-corrected chi connectivity index (χ2v) is 7.66. The zero-order valence-electron chi connectivity index (χ0n) is 15.3. The summed E-state index contributed by atoms with van der Waals surface area (Å²) in [5.41, 5.74) is 1.84. The molecule has 0 unspecified atom stereocenters. The largest absolute Gasteiger partial charge is 0.467 e. The third kappa shape index (κ3) is 3.53. The quantitative estimate of drug-likeness (QED) is 0.685. The van der Waals surface area contributed by atoms with Crippen LogP contribution in [0.25, 0.3) is 10.2 Å². The van der Waals surface area contributed by atoms with E-state index < -0.39 is 0 Å². The number of carbonyl (C=O) groups is 1. The molecule has 0 saturated carbocycles. The number of piperidine rings is 1. The van der Waals surface area contributed by atoms with E-state index in [2.05, 4.69) is 10.1 Å². The number of para-hydroxylation sites is 1. The molecule has 0 N–H and O–H groups in total. The summed E-state index contributed by atoms with van der Waals surface area (Å²) >= 11 is 1.35. The molecule has 3 aromatic rings. The number of rotatable bonds is 4. The van der Waals surface area contributed by atoms with Gasteiger partial charge >= 0.3 is 0 Å². The zero-order chi connectivity index (χ0) is 19.0. The molecule has 0 spiro atoms. The van der Waals surface area contributed by atoms with E-state index in [0.29, 0.717) is 29.5 Å². The van der Waals surface area contributed by atoms with Crippen LogP contribution in [0.3, 0.4) is 0 Å². The normalized spacial score (nSPS) is 15.4. The number of likely N-dealkylation sites (tertiary alicyclic amines) is 1. The second kappa shape index (κ2) is 7.26. The predicted octanol–water partition coefficient (Wildman–Crippen LogP) is 3.64. The van der Waals surface area contributed by atoms with Crippen molar-refractivity contribution in [1.82, 2.24) is 19.7 Å². The Morgan fingerprint density at radius 3 is 2.81 bits per heavy atom. The molecule has 1 fully saturated rings. The van der Waals surface area contributed by atoms with Crippen LogP contribution in [0.1, 0.15) is 35.9 Å². The molecule has 3 heterocycles. The Bertz CT molecular complexity index is 975. The number of aryl methyl sites for hydroxylation is 2. The average molecular weight is 388 g/mol. The Kier molecular flexibility index (Phi) is 4.82. The van der Waals surface area contributed by atoms with Gasteiger partial charge in [0.05, 0.1) is 4.70 Å². The Labute approximate surface area is 160 Å². The van der Waals surface area contributed by atoms with E-state index in [0.717, 1.165) is 29.8 Å². The summed E-state index contributed by atoms with van der Waals surface area (Å²) in [7, 11) is 0. The Balaban J connectivity index is 1.38. The minimum atomic E-state index is -0.333. The number of carbonyl (C=O) groups excluding carboxylic acids is 1. The van der Waals surface area contributed by atoms with E-state index in [-0.39, 0.29) is 17.8 Å². The molecule has 4 rings (SSSR count). The lowest BCUT2D eigenvalue weighted by Gasteiger charge is -2.31. The van der Waals surface area contributed by atoms with Crippen LogP contribution in [0.2, 0.25) is 0 Å². The number of aromatic nitrogens is 3. The summed E-state index contributed by atoms with van der Waals surface area (Å²) in [6.07, 6.45) is 1.42. The van der Waals surface area contributed by atoms with Crippen LogP contribution in [0, 0.1) is 12.7 Å². The van der Waals surface area contributed by atoms with Crippen molar-refractivity contribution in [3.8, 4) is 5.19 Å². The number of thiazole rings is 1. The number of fused-ring (bicyclic) bond motifs is 1. The molecule has 0 atom stereocenters. The first kappa shape index (κ1) is 17.9. The maximum atomic E-state index is 13.8. The van der Waals surface area contributed by atoms with Gasteiger partial charge in [0.2, 0.25) is 0 Å². The summed E-state index contributed by atoms with van der Waals surface area (Å²) in [5, 5.41) is 4.86. The molecule has 2 aromatic heterocycles. The highest BCUT2D eigenvalue weighted by Gasteiger charge is 2.27. The number of halogens is 1. The Morgan fingerprint density at radius 1 is 1.37 bits per heavy atom. The van der Waals surface area contributed by atoms with Crippen molar-refractivity contribution >= 4 is 27.5 Å². The van der Waals surface area contributed by atoms with Crippen LogP contribution in [0.15, 0.2) is 24.3 Å². The maximum absolute atomic E-state index is 13.8. The van der Waals surface area contributed by atoms with Gasteiger partial charge in [0, 0.05) is 38.2 Å². The molecule has 1 aliphatic heterocycles. The van der Waals surface area contributed by atoms with Gasteiger partial charge in [0.25, 0.3) is 11.1 Å². The lowest BCUT2D eigenvalue weighted by Crippen LogP contribution is -2.42. The van der Waals surface area contributed by atoms with Crippen LogP contribution >= 0.6 is 11.3 Å². The van der Waals surface area contributed by atoms with Crippen molar-refractivity contribution in [3.63, 3.8) is 0 Å². The molecule has 142 valence electrons. The first-order chi connectivity index (χ1) is 13.0. The molecule has 1 saturated heterocycles. The molecule has 0 radical (unpaired) electrons. The van der Waals surface area contributed by atoms with Crippen LogP contribution < -0.4 is 4.74 Å². The van der Waals surface area contributed by atoms with Gasteiger partial charge in [0.15, 0.2) is 5.69 Å². The van der Waals surface area contributed by atoms with E-state index in [1.54, 1.807) is 6.07 Å². The van der Waals surface area contributed by atoms with Crippen LogP contribution in [-0.2, 0) is 6.54 Å². The molecule has 27 heavy (non-hydrogen) atoms. The number of hydrogen-bond acceptors (Lipinski definition) is 5. The van der Waals surface area contributed by atoms with E-state index >= 15 is 0 Å². The van der Waals surface area contributed by atoms with Crippen molar-refractivity contribution in [2.45, 2.75) is 39.3 Å². The summed E-state index contributed by atoms with van der Waals surface area (Å²) in [4.78, 5) is 18.7. The third-order valence-corrected chi connectivity index (χ3v) is 5.76. The third-order valence-electron chi connectivity index (χ3n) is 4.85. The van der Waals surface area contributed by atoms with Crippen molar-refractivity contribution in [2.24, 2.45) is 0 Å². The summed E-state index contributed by atoms with van der Waals surface area (Å²) in [6, 6.07) is 6.74. The van der Waals surface area contributed by atoms with Crippen molar-refractivity contribution in [3.05, 3.63) is 41.5 Å². The molecular formula is C19H21FN4O2S. The summed E-state index contributed by atoms with van der Waals surface area (Å²) in [5.74, 6) is -0.369. The molecule has 8 heteroatoms. The zero-order valence-corrected chi connectivity index (χ0v) is 16.1. The van der Waals surface area contributed by atoms with Gasteiger partial charge < -0.3 is 9.64 Å². The fraction of sp³-hybridized carbons (Fsp3) is 0.421. The SMILES string of the molecule is CCn1nc(C(=O)N2CCC(Oc3nc4c(F)cccc4s3)CC2)cc1C. The lowest BCUT2D eigenvalue weighted by atomic mass is 10.1. The van der Waals surface area contributed by atoms with E-state index in [4.69, 9.17) is 4.74 Å². The van der Waals surface area contributed by atoms with Gasteiger partial charge in [-0.25, -0.2) is 4.39 Å². The number of nitrogens with zero attached hydrogens (tertiary/aromatic N) is 4. The van der Waals surface area contributed by atoms with Crippen molar-refractivity contribution in [2.75, 3.05) is 13.1 Å². The minimum absolute atomic E-state index is 0.0207. The van der Waals surface area contributed by atoms with E-state index in [1.807, 2.05) is 35.6 Å². The van der Waals surface area contributed by atoms with Crippen molar-refractivity contribution < 1.29 is 13.9 Å². The predicted molar refractivity (Wildman–Crippen MR) is 102 cm³/mol. The van der Waals surface area contributed by atoms with E-state index in [1.165, 1.54) is 17.4 Å². The van der Waals surface area contributed by atoms with Gasteiger partial charge in [-0.1, -0.05) is 17.4 Å². The highest BCUT2D eigenvalue weighted by atomic mass is 32.1. The number of amides is 1. The smallest absolute Gasteiger partial charge is 0.274 e. The number of ether oxygens (including phenoxy) is 1. The Morgan fingerprint density at radius 2 is 2.15 bits per heavy atom. The summed E-state index contributed by atoms with van der Waals surface area (Å²) in [6.45, 7) is 5.93. The molecule has 0 bridgehead atoms. The van der Waals surface area contributed by atoms with E-state index in [9.17, 15) is 9.18 Å². The van der Waals surface area contributed by atoms with Crippen LogP contribution in [-0.4, -0.2) is 44.8 Å². The summed E-state index contributed by atoms with van der Waals surface area (Å²) < 4.78 is 22.3. The van der Waals surface area contributed by atoms with Crippen LogP contribution in [0.5, 0.6) is 5.19 Å². The molecule has 1 amide bonds. The molecule has 6 nitrogen and oxygen atoms in total. The van der Waals surface area contributed by atoms with Crippen LogP contribution in [0.4, 0.5) is 4.39 Å². The molecular weight excluding hydrogens is 367 g/mol. The highest BCUT2D eigenvalue weighted by Crippen LogP contribution is 2.31. The van der Waals surface area contributed by atoms with Gasteiger partial charge in [-0.05, 0) is 32.0 Å². The monoisotopic (exact) mass is 388 g/mol. The number of hydrogen-bond donors (Lipinski definition) is 0. The fourth-order valence-corrected chi connectivity index (χ4v) is 4.26. The fourth-order valence-electron chi connectivity index (χ4n) is 3.36. The molecule has 1 aliphatic rings. The lowest BCUT2D eigenvalue weighted by molar-refractivity contribution is 0.0589. The standard InChI is InChI=1S/C19H21FN4O2S/c1-3-24-12(2)11-15(22-24)18(25)23-9-7-13(8-10-23)26-19-21-17-14(20)5-4-6-16(17)27-19/h4-6,11,13H,3,7-10H2,1-2H3. The van der Waals surface area contributed by atoms with Gasteiger partial charge in [-0.2, -0.15) is 10.1 Å². The molecule has 0 aliphatic carbocycles.